The molecule has 0 aliphatic carbocycles. The number of carbonyl (C=O) groups is 4. The van der Waals surface area contributed by atoms with Crippen molar-refractivity contribution >= 4 is 23.6 Å². The van der Waals surface area contributed by atoms with Gasteiger partial charge in [-0.2, -0.15) is 0 Å². The van der Waals surface area contributed by atoms with E-state index in [1.54, 1.807) is 7.05 Å². The number of amides is 4. The lowest BCUT2D eigenvalue weighted by Crippen LogP contribution is -2.47. The lowest BCUT2D eigenvalue weighted by Gasteiger charge is -2.30. The summed E-state index contributed by atoms with van der Waals surface area (Å²) in [6.45, 7) is 1.06. The number of carbonyl (C=O) groups excluding carboxylic acids is 4. The summed E-state index contributed by atoms with van der Waals surface area (Å²) < 4.78 is 14.3. The van der Waals surface area contributed by atoms with Gasteiger partial charge in [0.2, 0.25) is 17.6 Å². The van der Waals surface area contributed by atoms with Crippen LogP contribution in [0, 0.1) is 5.82 Å². The number of likely N-dealkylation sites (tertiary alicyclic amines) is 1. The Morgan fingerprint density at radius 2 is 1.87 bits per heavy atom. The van der Waals surface area contributed by atoms with Gasteiger partial charge in [0.1, 0.15) is 17.7 Å². The van der Waals surface area contributed by atoms with Crippen molar-refractivity contribution in [2.24, 2.45) is 0 Å². The Morgan fingerprint density at radius 1 is 1.16 bits per heavy atom. The Hall–Kier alpha value is -4.13. The van der Waals surface area contributed by atoms with Gasteiger partial charge in [-0.25, -0.2) is 9.37 Å². The molecule has 3 heterocycles. The van der Waals surface area contributed by atoms with Gasteiger partial charge in [-0.15, -0.1) is 0 Å². The molecule has 2 aliphatic heterocycles. The molecule has 1 aromatic heterocycles. The van der Waals surface area contributed by atoms with Crippen molar-refractivity contribution in [2.75, 3.05) is 33.7 Å². The first-order valence-corrected chi connectivity index (χ1v) is 12.2. The van der Waals surface area contributed by atoms with Crippen LogP contribution in [0.15, 0.2) is 29.1 Å². The van der Waals surface area contributed by atoms with Crippen LogP contribution in [-0.2, 0) is 38.7 Å². The molecule has 0 bridgehead atoms. The molecule has 0 saturated carbocycles. The highest BCUT2D eigenvalue weighted by molar-refractivity contribution is 6.37. The maximum atomic E-state index is 13.1. The van der Waals surface area contributed by atoms with Crippen LogP contribution in [0.25, 0.3) is 0 Å². The van der Waals surface area contributed by atoms with Gasteiger partial charge in [0.05, 0.1) is 12.1 Å². The fourth-order valence-corrected chi connectivity index (χ4v) is 4.52. The predicted molar refractivity (Wildman–Crippen MR) is 131 cm³/mol. The molecule has 2 N–H and O–H groups in total. The van der Waals surface area contributed by atoms with Crippen molar-refractivity contribution in [3.05, 3.63) is 57.5 Å². The molecule has 4 rings (SSSR count). The monoisotopic (exact) mass is 528 g/mol. The zero-order chi connectivity index (χ0) is 27.6. The molecule has 2 aromatic rings. The number of likely N-dealkylation sites (N-methyl/N-ethyl adjacent to an activating group) is 2. The van der Waals surface area contributed by atoms with Crippen molar-refractivity contribution < 1.29 is 28.7 Å². The summed E-state index contributed by atoms with van der Waals surface area (Å²) in [4.78, 5) is 71.8. The number of rotatable bonds is 5. The number of benzene rings is 1. The molecule has 1 atom stereocenters. The topological polar surface area (TPSA) is 145 Å². The summed E-state index contributed by atoms with van der Waals surface area (Å²) in [5.41, 5.74) is -0.281. The van der Waals surface area contributed by atoms with E-state index in [-0.39, 0.29) is 44.1 Å². The fourth-order valence-electron chi connectivity index (χ4n) is 4.52. The van der Waals surface area contributed by atoms with Crippen molar-refractivity contribution in [2.45, 2.75) is 38.4 Å². The SMILES string of the molecule is CN1CCn2c(nc(CC(=O)NCc3ccc(F)cc3)c(O)c2=O)C(N(C)C(=O)C(=O)N2CCCC2=O)C1. The quantitative estimate of drug-likeness (QED) is 0.496. The van der Waals surface area contributed by atoms with E-state index in [0.29, 0.717) is 18.5 Å². The minimum atomic E-state index is -0.949. The maximum Gasteiger partial charge on any atom is 0.318 e. The molecule has 12 nitrogen and oxygen atoms in total. The maximum absolute atomic E-state index is 13.1. The molecule has 1 unspecified atom stereocenters. The van der Waals surface area contributed by atoms with E-state index in [4.69, 9.17) is 0 Å². The highest BCUT2D eigenvalue weighted by atomic mass is 19.1. The molecule has 2 aliphatic rings. The lowest BCUT2D eigenvalue weighted by atomic mass is 10.1. The van der Waals surface area contributed by atoms with Gasteiger partial charge in [0, 0.05) is 46.2 Å². The summed E-state index contributed by atoms with van der Waals surface area (Å²) in [7, 11) is 3.17. The van der Waals surface area contributed by atoms with Gasteiger partial charge >= 0.3 is 11.8 Å². The average Bonchev–Trinajstić information content (AvgIpc) is 3.25. The third-order valence-electron chi connectivity index (χ3n) is 6.76. The van der Waals surface area contributed by atoms with Gasteiger partial charge < -0.3 is 20.2 Å². The highest BCUT2D eigenvalue weighted by Crippen LogP contribution is 2.24. The summed E-state index contributed by atoms with van der Waals surface area (Å²) in [6, 6.07) is 4.70. The van der Waals surface area contributed by atoms with E-state index in [0.717, 1.165) is 9.80 Å². The molecule has 38 heavy (non-hydrogen) atoms. The number of fused-ring (bicyclic) bond motifs is 1. The van der Waals surface area contributed by atoms with E-state index < -0.39 is 53.2 Å². The summed E-state index contributed by atoms with van der Waals surface area (Å²) in [6.07, 6.45) is 0.261. The van der Waals surface area contributed by atoms with Crippen LogP contribution >= 0.6 is 0 Å². The second-order valence-electron chi connectivity index (χ2n) is 9.45. The second-order valence-corrected chi connectivity index (χ2v) is 9.45. The summed E-state index contributed by atoms with van der Waals surface area (Å²) in [5, 5.41) is 13.2. The Kier molecular flexibility index (Phi) is 7.86. The molecule has 202 valence electrons. The Labute approximate surface area is 217 Å². The van der Waals surface area contributed by atoms with Gasteiger partial charge in [-0.1, -0.05) is 12.1 Å². The molecule has 13 heteroatoms. The zero-order valence-corrected chi connectivity index (χ0v) is 21.1. The van der Waals surface area contributed by atoms with Gasteiger partial charge in [0.15, 0.2) is 0 Å². The Morgan fingerprint density at radius 3 is 2.53 bits per heavy atom. The first kappa shape index (κ1) is 26.9. The van der Waals surface area contributed by atoms with E-state index in [9.17, 15) is 33.5 Å². The van der Waals surface area contributed by atoms with Crippen molar-refractivity contribution in [1.82, 2.24) is 29.6 Å². The number of aromatic hydroxyl groups is 1. The van der Waals surface area contributed by atoms with E-state index >= 15 is 0 Å². The average molecular weight is 529 g/mol. The minimum Gasteiger partial charge on any atom is -0.502 e. The number of nitrogens with zero attached hydrogens (tertiary/aromatic N) is 5. The number of hydrogen-bond donors (Lipinski definition) is 2. The number of hydrogen-bond acceptors (Lipinski definition) is 8. The van der Waals surface area contributed by atoms with Crippen LogP contribution in [-0.4, -0.2) is 86.7 Å². The molecule has 0 spiro atoms. The van der Waals surface area contributed by atoms with E-state index in [2.05, 4.69) is 10.3 Å². The van der Waals surface area contributed by atoms with E-state index in [1.165, 1.54) is 35.9 Å². The van der Waals surface area contributed by atoms with Gasteiger partial charge in [0.25, 0.3) is 5.56 Å². The summed E-state index contributed by atoms with van der Waals surface area (Å²) >= 11 is 0. The fraction of sp³-hybridized carbons (Fsp3) is 0.440. The third-order valence-corrected chi connectivity index (χ3v) is 6.76. The van der Waals surface area contributed by atoms with Crippen LogP contribution in [0.2, 0.25) is 0 Å². The molecule has 0 radical (unpaired) electrons. The number of aromatic nitrogens is 2. The van der Waals surface area contributed by atoms with Crippen LogP contribution in [0.1, 0.15) is 36.0 Å². The minimum absolute atomic E-state index is 0.103. The first-order chi connectivity index (χ1) is 18.1. The molecule has 1 saturated heterocycles. The standard InChI is InChI=1S/C25H29FN6O6/c1-29-10-11-32-22(18(14-29)30(2)24(37)25(38)31-9-3-4-20(31)34)28-17(21(35)23(32)36)12-19(33)27-13-15-5-7-16(26)8-6-15/h5-8,18,35H,3-4,9-14H2,1-2H3,(H,27,33). The zero-order valence-electron chi connectivity index (χ0n) is 21.1. The molecule has 1 aromatic carbocycles. The lowest BCUT2D eigenvalue weighted by molar-refractivity contribution is -0.155. The normalized spacial score (nSPS) is 17.6. The van der Waals surface area contributed by atoms with Crippen molar-refractivity contribution in [1.29, 1.82) is 0 Å². The number of halogens is 1. The molecular weight excluding hydrogens is 499 g/mol. The van der Waals surface area contributed by atoms with Gasteiger partial charge in [-0.3, -0.25) is 33.4 Å². The third kappa shape index (κ3) is 5.57. The van der Waals surface area contributed by atoms with Crippen LogP contribution in [0.4, 0.5) is 4.39 Å². The first-order valence-electron chi connectivity index (χ1n) is 12.2. The Bertz CT molecular complexity index is 1330. The Balaban J connectivity index is 1.59. The second kappa shape index (κ2) is 11.1. The highest BCUT2D eigenvalue weighted by Gasteiger charge is 2.38. The van der Waals surface area contributed by atoms with Gasteiger partial charge in [-0.05, 0) is 31.2 Å². The smallest absolute Gasteiger partial charge is 0.318 e. The van der Waals surface area contributed by atoms with Crippen molar-refractivity contribution in [3.63, 3.8) is 0 Å². The number of nitrogens with one attached hydrogen (secondary N) is 1. The summed E-state index contributed by atoms with van der Waals surface area (Å²) in [5.74, 6) is -3.78. The predicted octanol–water partition coefficient (Wildman–Crippen LogP) is -0.459. The van der Waals surface area contributed by atoms with Crippen molar-refractivity contribution in [3.8, 4) is 5.75 Å². The van der Waals surface area contributed by atoms with Crippen LogP contribution in [0.3, 0.4) is 0 Å². The van der Waals surface area contributed by atoms with Crippen LogP contribution in [0.5, 0.6) is 5.75 Å². The molecule has 4 amide bonds. The largest absolute Gasteiger partial charge is 0.502 e. The number of imide groups is 1. The van der Waals surface area contributed by atoms with Crippen LogP contribution < -0.4 is 10.9 Å². The molecular formula is C25H29FN6O6. The molecule has 1 fully saturated rings. The van der Waals surface area contributed by atoms with E-state index in [1.807, 2.05) is 4.90 Å².